The van der Waals surface area contributed by atoms with Gasteiger partial charge in [0.2, 0.25) is 0 Å². The van der Waals surface area contributed by atoms with Gasteiger partial charge < -0.3 is 15.5 Å². The van der Waals surface area contributed by atoms with Crippen LogP contribution in [0.25, 0.3) is 0 Å². The number of rotatable bonds is 3. The van der Waals surface area contributed by atoms with E-state index in [-0.39, 0.29) is 11.8 Å². The van der Waals surface area contributed by atoms with Crippen LogP contribution < -0.4 is 11.1 Å². The molecule has 0 saturated carbocycles. The predicted octanol–water partition coefficient (Wildman–Crippen LogP) is 0.142. The van der Waals surface area contributed by atoms with Gasteiger partial charge in [-0.3, -0.25) is 4.79 Å². The number of nitrogens with zero attached hydrogens (tertiary/aromatic N) is 1. The maximum atomic E-state index is 11.4. The van der Waals surface area contributed by atoms with Crippen LogP contribution in [0.3, 0.4) is 0 Å². The van der Waals surface area contributed by atoms with E-state index < -0.39 is 5.54 Å². The van der Waals surface area contributed by atoms with E-state index in [1.165, 1.54) is 12.5 Å². The van der Waals surface area contributed by atoms with Crippen LogP contribution in [-0.4, -0.2) is 23.0 Å². The molecule has 1 aromatic heterocycles. The molecular formula is C8H13N3O2. The highest BCUT2D eigenvalue weighted by molar-refractivity contribution is 5.90. The van der Waals surface area contributed by atoms with E-state index >= 15 is 0 Å². The Morgan fingerprint density at radius 2 is 2.46 bits per heavy atom. The van der Waals surface area contributed by atoms with Crippen LogP contribution in [-0.2, 0) is 0 Å². The minimum atomic E-state index is -0.439. The number of hydrogen-bond donors (Lipinski definition) is 2. The summed E-state index contributed by atoms with van der Waals surface area (Å²) in [4.78, 5) is 15.1. The second kappa shape index (κ2) is 3.57. The van der Waals surface area contributed by atoms with Crippen LogP contribution in [0, 0.1) is 0 Å². The minimum Gasteiger partial charge on any atom is -0.441 e. The van der Waals surface area contributed by atoms with Crippen molar-refractivity contribution in [2.45, 2.75) is 19.4 Å². The van der Waals surface area contributed by atoms with Crippen molar-refractivity contribution in [3.05, 3.63) is 18.4 Å². The first kappa shape index (κ1) is 9.73. The number of nitrogens with one attached hydrogen (secondary N) is 1. The summed E-state index contributed by atoms with van der Waals surface area (Å²) in [6, 6.07) is 0. The summed E-state index contributed by atoms with van der Waals surface area (Å²) < 4.78 is 4.82. The van der Waals surface area contributed by atoms with Crippen molar-refractivity contribution in [1.82, 2.24) is 10.3 Å². The zero-order valence-corrected chi connectivity index (χ0v) is 7.70. The van der Waals surface area contributed by atoms with Crippen molar-refractivity contribution >= 4 is 5.91 Å². The van der Waals surface area contributed by atoms with Gasteiger partial charge in [0.25, 0.3) is 5.89 Å². The molecule has 13 heavy (non-hydrogen) atoms. The van der Waals surface area contributed by atoms with Gasteiger partial charge in [0, 0.05) is 12.1 Å². The fraction of sp³-hybridized carbons (Fsp3) is 0.500. The molecule has 0 unspecified atom stereocenters. The summed E-state index contributed by atoms with van der Waals surface area (Å²) in [5, 5.41) is 2.69. The SMILES string of the molecule is CC(C)(CN)NC(=O)c1ncco1. The van der Waals surface area contributed by atoms with E-state index in [1.54, 1.807) is 0 Å². The molecule has 0 aromatic carbocycles. The maximum Gasteiger partial charge on any atom is 0.307 e. The monoisotopic (exact) mass is 183 g/mol. The Kier molecular flexibility index (Phi) is 2.67. The van der Waals surface area contributed by atoms with Gasteiger partial charge in [-0.15, -0.1) is 0 Å². The molecule has 0 aliphatic heterocycles. The molecule has 0 spiro atoms. The number of nitrogens with two attached hydrogens (primary N) is 1. The topological polar surface area (TPSA) is 81.1 Å². The third-order valence-corrected chi connectivity index (χ3v) is 1.59. The average molecular weight is 183 g/mol. The highest BCUT2D eigenvalue weighted by Crippen LogP contribution is 2.01. The summed E-state index contributed by atoms with van der Waals surface area (Å²) in [5.74, 6) is -0.290. The lowest BCUT2D eigenvalue weighted by Crippen LogP contribution is -2.48. The molecule has 0 aliphatic carbocycles. The van der Waals surface area contributed by atoms with Crippen molar-refractivity contribution in [1.29, 1.82) is 0 Å². The number of aromatic nitrogens is 1. The largest absolute Gasteiger partial charge is 0.441 e. The number of oxazole rings is 1. The molecule has 1 rings (SSSR count). The Labute approximate surface area is 76.3 Å². The van der Waals surface area contributed by atoms with E-state index in [2.05, 4.69) is 10.3 Å². The maximum absolute atomic E-state index is 11.4. The van der Waals surface area contributed by atoms with Crippen LogP contribution in [0.1, 0.15) is 24.5 Å². The smallest absolute Gasteiger partial charge is 0.307 e. The van der Waals surface area contributed by atoms with Gasteiger partial charge in [-0.1, -0.05) is 0 Å². The zero-order valence-electron chi connectivity index (χ0n) is 7.70. The molecule has 5 heteroatoms. The fourth-order valence-corrected chi connectivity index (χ4v) is 0.747. The summed E-state index contributed by atoms with van der Waals surface area (Å²) in [6.45, 7) is 4.02. The first-order valence-electron chi connectivity index (χ1n) is 3.97. The Morgan fingerprint density at radius 3 is 2.92 bits per heavy atom. The van der Waals surface area contributed by atoms with Gasteiger partial charge in [-0.05, 0) is 13.8 Å². The van der Waals surface area contributed by atoms with Crippen LogP contribution in [0.4, 0.5) is 0 Å². The molecule has 3 N–H and O–H groups in total. The third kappa shape index (κ3) is 2.55. The van der Waals surface area contributed by atoms with Crippen molar-refractivity contribution < 1.29 is 9.21 Å². The normalized spacial score (nSPS) is 11.3. The molecule has 1 heterocycles. The number of carbonyl (C=O) groups is 1. The molecule has 0 atom stereocenters. The number of amides is 1. The van der Waals surface area contributed by atoms with Crippen LogP contribution in [0.5, 0.6) is 0 Å². The van der Waals surface area contributed by atoms with Crippen molar-refractivity contribution in [2.24, 2.45) is 5.73 Å². The van der Waals surface area contributed by atoms with Crippen LogP contribution in [0.2, 0.25) is 0 Å². The Bertz CT molecular complexity index is 280. The summed E-state index contributed by atoms with van der Waals surface area (Å²) >= 11 is 0. The standard InChI is InChI=1S/C8H13N3O2/c1-8(2,5-9)11-6(12)7-10-3-4-13-7/h3-4H,5,9H2,1-2H3,(H,11,12). The molecule has 1 aromatic rings. The van der Waals surface area contributed by atoms with E-state index in [0.29, 0.717) is 6.54 Å². The molecular weight excluding hydrogens is 170 g/mol. The van der Waals surface area contributed by atoms with Crippen molar-refractivity contribution in [3.8, 4) is 0 Å². The Balaban J connectivity index is 2.61. The Hall–Kier alpha value is -1.36. The predicted molar refractivity (Wildman–Crippen MR) is 47.1 cm³/mol. The van der Waals surface area contributed by atoms with Gasteiger partial charge in [0.05, 0.1) is 6.20 Å². The lowest BCUT2D eigenvalue weighted by atomic mass is 10.1. The van der Waals surface area contributed by atoms with Crippen LogP contribution >= 0.6 is 0 Å². The van der Waals surface area contributed by atoms with Gasteiger partial charge in [-0.2, -0.15) is 0 Å². The van der Waals surface area contributed by atoms with Gasteiger partial charge >= 0.3 is 5.91 Å². The molecule has 0 fully saturated rings. The Morgan fingerprint density at radius 1 is 1.77 bits per heavy atom. The molecule has 1 amide bonds. The first-order valence-corrected chi connectivity index (χ1v) is 3.97. The fourth-order valence-electron chi connectivity index (χ4n) is 0.747. The van der Waals surface area contributed by atoms with E-state index in [4.69, 9.17) is 10.2 Å². The molecule has 0 bridgehead atoms. The zero-order chi connectivity index (χ0) is 9.90. The summed E-state index contributed by atoms with van der Waals surface area (Å²) in [6.07, 6.45) is 2.77. The van der Waals surface area contributed by atoms with E-state index in [1.807, 2.05) is 13.8 Å². The highest BCUT2D eigenvalue weighted by atomic mass is 16.3. The van der Waals surface area contributed by atoms with Crippen LogP contribution in [0.15, 0.2) is 16.9 Å². The quantitative estimate of drug-likeness (QED) is 0.698. The number of carbonyl (C=O) groups excluding carboxylic acids is 1. The van der Waals surface area contributed by atoms with Gasteiger partial charge in [-0.25, -0.2) is 4.98 Å². The lowest BCUT2D eigenvalue weighted by Gasteiger charge is -2.22. The first-order chi connectivity index (χ1) is 6.05. The molecule has 72 valence electrons. The second-order valence-corrected chi connectivity index (χ2v) is 3.38. The molecule has 0 radical (unpaired) electrons. The second-order valence-electron chi connectivity index (χ2n) is 3.38. The summed E-state index contributed by atoms with van der Waals surface area (Å²) in [5.41, 5.74) is 5.00. The van der Waals surface area contributed by atoms with Gasteiger partial charge in [0.1, 0.15) is 6.26 Å². The van der Waals surface area contributed by atoms with Gasteiger partial charge in [0.15, 0.2) is 0 Å². The molecule has 0 aliphatic rings. The lowest BCUT2D eigenvalue weighted by molar-refractivity contribution is 0.0880. The van der Waals surface area contributed by atoms with Crippen molar-refractivity contribution in [2.75, 3.05) is 6.54 Å². The van der Waals surface area contributed by atoms with E-state index in [0.717, 1.165) is 0 Å². The van der Waals surface area contributed by atoms with Crippen molar-refractivity contribution in [3.63, 3.8) is 0 Å². The van der Waals surface area contributed by atoms with E-state index in [9.17, 15) is 4.79 Å². The minimum absolute atomic E-state index is 0.0570. The highest BCUT2D eigenvalue weighted by Gasteiger charge is 2.21. The third-order valence-electron chi connectivity index (χ3n) is 1.59. The molecule has 5 nitrogen and oxygen atoms in total. The summed E-state index contributed by atoms with van der Waals surface area (Å²) in [7, 11) is 0. The average Bonchev–Trinajstić information content (AvgIpc) is 2.55. The number of hydrogen-bond acceptors (Lipinski definition) is 4. The molecule has 0 saturated heterocycles.